The summed E-state index contributed by atoms with van der Waals surface area (Å²) in [5, 5.41) is 3.82. The lowest BCUT2D eigenvalue weighted by Gasteiger charge is -2.27. The van der Waals surface area contributed by atoms with E-state index in [4.69, 9.17) is 4.74 Å². The topological polar surface area (TPSA) is 21.3 Å². The third-order valence-electron chi connectivity index (χ3n) is 5.22. The molecule has 1 aromatic rings. The van der Waals surface area contributed by atoms with Crippen LogP contribution in [0.1, 0.15) is 56.2 Å². The van der Waals surface area contributed by atoms with Crippen molar-refractivity contribution < 1.29 is 4.74 Å². The average Bonchev–Trinajstić information content (AvgIpc) is 2.89. The van der Waals surface area contributed by atoms with E-state index in [-0.39, 0.29) is 0 Å². The Balaban J connectivity index is 1.58. The van der Waals surface area contributed by atoms with Crippen LogP contribution in [-0.4, -0.2) is 13.7 Å². The number of rotatable bonds is 4. The van der Waals surface area contributed by atoms with Gasteiger partial charge in [-0.25, -0.2) is 0 Å². The van der Waals surface area contributed by atoms with E-state index in [0.717, 1.165) is 17.6 Å². The smallest absolute Gasteiger partial charge is 0.119 e. The van der Waals surface area contributed by atoms with Crippen LogP contribution in [0.3, 0.4) is 0 Å². The van der Waals surface area contributed by atoms with Gasteiger partial charge in [-0.1, -0.05) is 25.8 Å². The molecule has 1 unspecified atom stereocenters. The molecule has 2 aliphatic carbocycles. The molecule has 0 heterocycles. The van der Waals surface area contributed by atoms with Gasteiger partial charge in [-0.05, 0) is 67.3 Å². The molecular weight excluding hydrogens is 246 g/mol. The van der Waals surface area contributed by atoms with Gasteiger partial charge < -0.3 is 10.1 Å². The van der Waals surface area contributed by atoms with E-state index in [0.29, 0.717) is 6.04 Å². The molecule has 110 valence electrons. The van der Waals surface area contributed by atoms with E-state index >= 15 is 0 Å². The Morgan fingerprint density at radius 1 is 1.15 bits per heavy atom. The summed E-state index contributed by atoms with van der Waals surface area (Å²) in [7, 11) is 1.75. The minimum Gasteiger partial charge on any atom is -0.497 e. The lowest BCUT2D eigenvalue weighted by molar-refractivity contribution is 0.274. The van der Waals surface area contributed by atoms with Crippen LogP contribution in [0, 0.1) is 11.8 Å². The lowest BCUT2D eigenvalue weighted by atomic mass is 9.83. The number of benzene rings is 1. The van der Waals surface area contributed by atoms with Crippen molar-refractivity contribution in [1.82, 2.24) is 5.32 Å². The van der Waals surface area contributed by atoms with Crippen molar-refractivity contribution in [3.63, 3.8) is 0 Å². The Bertz CT molecular complexity index is 449. The summed E-state index contributed by atoms with van der Waals surface area (Å²) in [6.07, 6.45) is 8.10. The van der Waals surface area contributed by atoms with Gasteiger partial charge in [0.15, 0.2) is 0 Å². The van der Waals surface area contributed by atoms with Crippen molar-refractivity contribution in [3.8, 4) is 5.75 Å². The molecule has 20 heavy (non-hydrogen) atoms. The second-order valence-electron chi connectivity index (χ2n) is 6.69. The Hall–Kier alpha value is -1.02. The van der Waals surface area contributed by atoms with Gasteiger partial charge in [-0.15, -0.1) is 0 Å². The molecule has 0 aromatic heterocycles. The predicted octanol–water partition coefficient (Wildman–Crippen LogP) is 4.10. The highest BCUT2D eigenvalue weighted by Gasteiger charge is 2.24. The minimum absolute atomic E-state index is 0.541. The summed E-state index contributed by atoms with van der Waals surface area (Å²) in [4.78, 5) is 0. The third-order valence-corrected chi connectivity index (χ3v) is 5.22. The maximum atomic E-state index is 5.37. The molecule has 0 radical (unpaired) electrons. The molecule has 1 saturated carbocycles. The molecule has 2 nitrogen and oxygen atoms in total. The molecule has 1 aromatic carbocycles. The van der Waals surface area contributed by atoms with Crippen molar-refractivity contribution in [2.24, 2.45) is 11.8 Å². The first-order valence-corrected chi connectivity index (χ1v) is 8.16. The molecule has 2 heteroatoms. The van der Waals surface area contributed by atoms with Crippen LogP contribution in [0.5, 0.6) is 5.75 Å². The van der Waals surface area contributed by atoms with Crippen molar-refractivity contribution in [1.29, 1.82) is 0 Å². The summed E-state index contributed by atoms with van der Waals surface area (Å²) in [5.41, 5.74) is 2.97. The summed E-state index contributed by atoms with van der Waals surface area (Å²) in [6, 6.07) is 7.09. The second kappa shape index (κ2) is 6.17. The van der Waals surface area contributed by atoms with Crippen molar-refractivity contribution >= 4 is 0 Å². The number of hydrogen-bond acceptors (Lipinski definition) is 2. The molecule has 2 aliphatic rings. The Morgan fingerprint density at radius 3 is 2.70 bits per heavy atom. The molecule has 3 rings (SSSR count). The Kier molecular flexibility index (Phi) is 4.30. The molecule has 0 aliphatic heterocycles. The van der Waals surface area contributed by atoms with E-state index < -0.39 is 0 Å². The molecule has 0 amide bonds. The van der Waals surface area contributed by atoms with Gasteiger partial charge in [0.05, 0.1) is 7.11 Å². The second-order valence-corrected chi connectivity index (χ2v) is 6.69. The van der Waals surface area contributed by atoms with Crippen LogP contribution in [0.15, 0.2) is 18.2 Å². The Labute approximate surface area is 122 Å². The number of methoxy groups -OCH3 is 1. The van der Waals surface area contributed by atoms with E-state index in [1.165, 1.54) is 56.2 Å². The first-order valence-electron chi connectivity index (χ1n) is 8.16. The predicted molar refractivity (Wildman–Crippen MR) is 83.2 cm³/mol. The average molecular weight is 273 g/mol. The maximum Gasteiger partial charge on any atom is 0.119 e. The number of nitrogens with one attached hydrogen (secondary N) is 1. The monoisotopic (exact) mass is 273 g/mol. The molecule has 0 bridgehead atoms. The summed E-state index contributed by atoms with van der Waals surface area (Å²) >= 11 is 0. The highest BCUT2D eigenvalue weighted by molar-refractivity contribution is 5.40. The normalized spacial score (nSPS) is 29.2. The van der Waals surface area contributed by atoms with Crippen LogP contribution in [0.4, 0.5) is 0 Å². The number of fused-ring (bicyclic) bond motifs is 1. The van der Waals surface area contributed by atoms with Gasteiger partial charge in [-0.3, -0.25) is 0 Å². The zero-order valence-corrected chi connectivity index (χ0v) is 12.8. The highest BCUT2D eigenvalue weighted by atomic mass is 16.5. The maximum absolute atomic E-state index is 5.37. The highest BCUT2D eigenvalue weighted by Crippen LogP contribution is 2.34. The Morgan fingerprint density at radius 2 is 1.95 bits per heavy atom. The SMILES string of the molecule is COc1ccc2c(c1)C(NCC1CCC(C)CC1)CC2. The molecule has 0 saturated heterocycles. The van der Waals surface area contributed by atoms with Crippen LogP contribution < -0.4 is 10.1 Å². The van der Waals surface area contributed by atoms with E-state index in [2.05, 4.69) is 30.4 Å². The van der Waals surface area contributed by atoms with Gasteiger partial charge in [0.1, 0.15) is 5.75 Å². The molecular formula is C18H27NO. The summed E-state index contributed by atoms with van der Waals surface area (Å²) in [6.45, 7) is 3.58. The molecule has 0 spiro atoms. The molecule has 1 N–H and O–H groups in total. The lowest BCUT2D eigenvalue weighted by Crippen LogP contribution is -2.28. The standard InChI is InChI=1S/C18H27NO/c1-13-3-5-14(6-4-13)12-19-18-10-8-15-7-9-16(20-2)11-17(15)18/h7,9,11,13-14,18-19H,3-6,8,10,12H2,1-2H3. The fraction of sp³-hybridized carbons (Fsp3) is 0.667. The molecule has 1 fully saturated rings. The van der Waals surface area contributed by atoms with Gasteiger partial charge >= 0.3 is 0 Å². The van der Waals surface area contributed by atoms with Crippen molar-refractivity contribution in [3.05, 3.63) is 29.3 Å². The van der Waals surface area contributed by atoms with Crippen molar-refractivity contribution in [2.75, 3.05) is 13.7 Å². The fourth-order valence-corrected chi connectivity index (χ4v) is 3.76. The van der Waals surface area contributed by atoms with E-state index in [1.54, 1.807) is 7.11 Å². The van der Waals surface area contributed by atoms with Crippen LogP contribution in [0.25, 0.3) is 0 Å². The first-order chi connectivity index (χ1) is 9.76. The summed E-state index contributed by atoms with van der Waals surface area (Å²) in [5.74, 6) is 2.83. The first kappa shape index (κ1) is 13.9. The zero-order chi connectivity index (χ0) is 13.9. The van der Waals surface area contributed by atoms with Gasteiger partial charge in [-0.2, -0.15) is 0 Å². The summed E-state index contributed by atoms with van der Waals surface area (Å²) < 4.78 is 5.37. The van der Waals surface area contributed by atoms with E-state index in [9.17, 15) is 0 Å². The largest absolute Gasteiger partial charge is 0.497 e. The third kappa shape index (κ3) is 3.01. The quantitative estimate of drug-likeness (QED) is 0.892. The number of ether oxygens (including phenoxy) is 1. The zero-order valence-electron chi connectivity index (χ0n) is 12.8. The van der Waals surface area contributed by atoms with Crippen LogP contribution in [0.2, 0.25) is 0 Å². The number of hydrogen-bond donors (Lipinski definition) is 1. The van der Waals surface area contributed by atoms with Gasteiger partial charge in [0.2, 0.25) is 0 Å². The van der Waals surface area contributed by atoms with Crippen LogP contribution >= 0.6 is 0 Å². The van der Waals surface area contributed by atoms with Crippen LogP contribution in [-0.2, 0) is 6.42 Å². The number of aryl methyl sites for hydroxylation is 1. The van der Waals surface area contributed by atoms with Crippen molar-refractivity contribution in [2.45, 2.75) is 51.5 Å². The molecule has 1 atom stereocenters. The van der Waals surface area contributed by atoms with Gasteiger partial charge in [0.25, 0.3) is 0 Å². The van der Waals surface area contributed by atoms with E-state index in [1.807, 2.05) is 0 Å². The fourth-order valence-electron chi connectivity index (χ4n) is 3.76. The minimum atomic E-state index is 0.541. The van der Waals surface area contributed by atoms with Gasteiger partial charge in [0, 0.05) is 6.04 Å².